The van der Waals surface area contributed by atoms with Crippen LogP contribution < -0.4 is 11.2 Å². The summed E-state index contributed by atoms with van der Waals surface area (Å²) in [7, 11) is 1.85. The first kappa shape index (κ1) is 16.5. The number of pyridine rings is 1. The Kier molecular flexibility index (Phi) is 3.66. The lowest BCUT2D eigenvalue weighted by Gasteiger charge is -2.13. The van der Waals surface area contributed by atoms with Crippen LogP contribution in [0.1, 0.15) is 29.7 Å². The number of hydrogen-bond donors (Lipinski definition) is 1. The number of nitrogens with zero attached hydrogens (tertiary/aromatic N) is 3. The Hall–Kier alpha value is -2.99. The van der Waals surface area contributed by atoms with Gasteiger partial charge in [0.2, 0.25) is 0 Å². The van der Waals surface area contributed by atoms with Crippen molar-refractivity contribution in [2.24, 2.45) is 12.8 Å². The maximum Gasteiger partial charge on any atom is 0.196 e. The largest absolute Gasteiger partial charge is 0.455 e. The molecular weight excluding hydrogens is 328 g/mol. The maximum atomic E-state index is 13.0. The van der Waals surface area contributed by atoms with E-state index >= 15 is 0 Å². The molecule has 4 aromatic rings. The first-order valence-corrected chi connectivity index (χ1v) is 8.48. The molecule has 1 aromatic carbocycles. The zero-order valence-corrected chi connectivity index (χ0v) is 15.2. The Morgan fingerprint density at radius 1 is 1.23 bits per heavy atom. The zero-order valence-electron chi connectivity index (χ0n) is 15.2. The van der Waals surface area contributed by atoms with Crippen LogP contribution in [0.25, 0.3) is 33.3 Å². The Morgan fingerprint density at radius 3 is 2.73 bits per heavy atom. The molecule has 0 fully saturated rings. The highest BCUT2D eigenvalue weighted by Gasteiger charge is 2.18. The fraction of sp³-hybridized carbons (Fsp3) is 0.250. The van der Waals surface area contributed by atoms with Crippen LogP contribution in [0.5, 0.6) is 0 Å². The van der Waals surface area contributed by atoms with Crippen molar-refractivity contribution >= 4 is 22.0 Å². The summed E-state index contributed by atoms with van der Waals surface area (Å²) in [6.07, 6.45) is 3.57. The number of aryl methyl sites for hydroxylation is 2. The van der Waals surface area contributed by atoms with Crippen LogP contribution >= 0.6 is 0 Å². The van der Waals surface area contributed by atoms with Crippen molar-refractivity contribution in [3.8, 4) is 11.3 Å². The van der Waals surface area contributed by atoms with E-state index in [0.29, 0.717) is 27.9 Å². The second-order valence-corrected chi connectivity index (χ2v) is 6.84. The molecule has 132 valence electrons. The van der Waals surface area contributed by atoms with Gasteiger partial charge in [0, 0.05) is 47.6 Å². The molecule has 3 aromatic heterocycles. The van der Waals surface area contributed by atoms with E-state index in [0.717, 1.165) is 22.1 Å². The van der Waals surface area contributed by atoms with Crippen LogP contribution in [-0.2, 0) is 7.05 Å². The second kappa shape index (κ2) is 5.78. The van der Waals surface area contributed by atoms with Crippen molar-refractivity contribution in [1.29, 1.82) is 0 Å². The number of benzene rings is 1. The lowest BCUT2D eigenvalue weighted by molar-refractivity contribution is 0.603. The third kappa shape index (κ3) is 2.50. The normalized spacial score (nSPS) is 12.8. The predicted molar refractivity (Wildman–Crippen MR) is 102 cm³/mol. The Balaban J connectivity index is 2.05. The van der Waals surface area contributed by atoms with E-state index in [1.54, 1.807) is 17.8 Å². The maximum absolute atomic E-state index is 13.0. The SMILES string of the molecule is Cc1cc(C(C)N)c2oc(-c3cnc4nn(C)cc4c3)c(C)c(=O)c2c1. The number of aromatic nitrogens is 3. The molecule has 0 bridgehead atoms. The van der Waals surface area contributed by atoms with Gasteiger partial charge in [0.25, 0.3) is 0 Å². The quantitative estimate of drug-likeness (QED) is 0.600. The first-order valence-electron chi connectivity index (χ1n) is 8.48. The van der Waals surface area contributed by atoms with Crippen LogP contribution in [0.2, 0.25) is 0 Å². The van der Waals surface area contributed by atoms with Crippen molar-refractivity contribution in [1.82, 2.24) is 14.8 Å². The molecule has 0 aliphatic rings. The Bertz CT molecular complexity index is 1220. The topological polar surface area (TPSA) is 86.9 Å². The summed E-state index contributed by atoms with van der Waals surface area (Å²) in [5.41, 5.74) is 10.4. The lowest BCUT2D eigenvalue weighted by Crippen LogP contribution is -2.12. The van der Waals surface area contributed by atoms with Gasteiger partial charge in [-0.05, 0) is 38.5 Å². The fourth-order valence-electron chi connectivity index (χ4n) is 3.34. The highest BCUT2D eigenvalue weighted by molar-refractivity contribution is 5.86. The van der Waals surface area contributed by atoms with E-state index in [9.17, 15) is 4.79 Å². The fourth-order valence-corrected chi connectivity index (χ4v) is 3.34. The summed E-state index contributed by atoms with van der Waals surface area (Å²) in [6.45, 7) is 5.62. The molecule has 1 unspecified atom stereocenters. The Labute approximate surface area is 150 Å². The summed E-state index contributed by atoms with van der Waals surface area (Å²) < 4.78 is 7.93. The minimum Gasteiger partial charge on any atom is -0.455 e. The molecule has 2 N–H and O–H groups in total. The molecular formula is C20H20N4O2. The molecule has 0 saturated carbocycles. The van der Waals surface area contributed by atoms with Gasteiger partial charge in [-0.1, -0.05) is 6.07 Å². The summed E-state index contributed by atoms with van der Waals surface area (Å²) in [4.78, 5) is 17.4. The molecule has 6 heteroatoms. The van der Waals surface area contributed by atoms with Gasteiger partial charge in [0.15, 0.2) is 11.1 Å². The molecule has 3 heterocycles. The van der Waals surface area contributed by atoms with Crippen molar-refractivity contribution in [3.05, 3.63) is 57.5 Å². The third-order valence-corrected chi connectivity index (χ3v) is 4.62. The van der Waals surface area contributed by atoms with Gasteiger partial charge < -0.3 is 10.2 Å². The van der Waals surface area contributed by atoms with Crippen molar-refractivity contribution in [2.45, 2.75) is 26.8 Å². The molecule has 0 aliphatic carbocycles. The van der Waals surface area contributed by atoms with E-state index in [1.165, 1.54) is 0 Å². The molecule has 0 spiro atoms. The van der Waals surface area contributed by atoms with Crippen LogP contribution in [0, 0.1) is 13.8 Å². The van der Waals surface area contributed by atoms with E-state index < -0.39 is 0 Å². The summed E-state index contributed by atoms with van der Waals surface area (Å²) in [6, 6.07) is 5.52. The molecule has 0 amide bonds. The highest BCUT2D eigenvalue weighted by Crippen LogP contribution is 2.30. The molecule has 4 rings (SSSR count). The summed E-state index contributed by atoms with van der Waals surface area (Å²) >= 11 is 0. The number of fused-ring (bicyclic) bond motifs is 2. The molecule has 0 aliphatic heterocycles. The van der Waals surface area contributed by atoms with Gasteiger partial charge in [-0.25, -0.2) is 4.98 Å². The number of hydrogen-bond acceptors (Lipinski definition) is 5. The minimum atomic E-state index is -0.241. The monoisotopic (exact) mass is 348 g/mol. The second-order valence-electron chi connectivity index (χ2n) is 6.84. The van der Waals surface area contributed by atoms with Crippen molar-refractivity contribution in [3.63, 3.8) is 0 Å². The predicted octanol–water partition coefficient (Wildman–Crippen LogP) is 3.38. The van der Waals surface area contributed by atoms with E-state index in [-0.39, 0.29) is 11.5 Å². The van der Waals surface area contributed by atoms with E-state index in [4.69, 9.17) is 10.2 Å². The third-order valence-electron chi connectivity index (χ3n) is 4.62. The van der Waals surface area contributed by atoms with Gasteiger partial charge in [-0.3, -0.25) is 9.48 Å². The summed E-state index contributed by atoms with van der Waals surface area (Å²) in [5.74, 6) is 0.520. The van der Waals surface area contributed by atoms with Crippen LogP contribution in [0.15, 0.2) is 39.8 Å². The average Bonchev–Trinajstić information content (AvgIpc) is 2.96. The highest BCUT2D eigenvalue weighted by atomic mass is 16.3. The molecule has 1 atom stereocenters. The van der Waals surface area contributed by atoms with Crippen molar-refractivity contribution < 1.29 is 4.42 Å². The van der Waals surface area contributed by atoms with Crippen LogP contribution in [0.4, 0.5) is 0 Å². The van der Waals surface area contributed by atoms with Gasteiger partial charge in [0.1, 0.15) is 11.3 Å². The van der Waals surface area contributed by atoms with Gasteiger partial charge in [0.05, 0.1) is 5.39 Å². The standard InChI is InChI=1S/C20H20N4O2/c1-10-5-15(12(3)21)19-16(6-10)17(25)11(2)18(26-19)13-7-14-9-24(4)23-20(14)22-8-13/h5-9,12H,21H2,1-4H3. The number of rotatable bonds is 2. The lowest BCUT2D eigenvalue weighted by atomic mass is 9.99. The molecule has 0 radical (unpaired) electrons. The smallest absolute Gasteiger partial charge is 0.196 e. The molecule has 0 saturated heterocycles. The molecule has 6 nitrogen and oxygen atoms in total. The summed E-state index contributed by atoms with van der Waals surface area (Å²) in [5, 5.41) is 5.74. The van der Waals surface area contributed by atoms with E-state index in [1.807, 2.05) is 45.3 Å². The van der Waals surface area contributed by atoms with Crippen LogP contribution in [-0.4, -0.2) is 14.8 Å². The number of nitrogens with two attached hydrogens (primary N) is 1. The molecule has 26 heavy (non-hydrogen) atoms. The minimum absolute atomic E-state index is 0.0434. The zero-order chi connectivity index (χ0) is 18.6. The van der Waals surface area contributed by atoms with Crippen LogP contribution in [0.3, 0.4) is 0 Å². The van der Waals surface area contributed by atoms with Gasteiger partial charge >= 0.3 is 0 Å². The average molecular weight is 348 g/mol. The Morgan fingerprint density at radius 2 is 2.00 bits per heavy atom. The van der Waals surface area contributed by atoms with Crippen molar-refractivity contribution in [2.75, 3.05) is 0 Å². The van der Waals surface area contributed by atoms with Gasteiger partial charge in [-0.15, -0.1) is 0 Å². The van der Waals surface area contributed by atoms with Gasteiger partial charge in [-0.2, -0.15) is 5.10 Å². The van der Waals surface area contributed by atoms with E-state index in [2.05, 4.69) is 10.1 Å². The first-order chi connectivity index (χ1) is 12.3.